The molecule has 1 N–H and O–H groups in total. The lowest BCUT2D eigenvalue weighted by atomic mass is 10.0. The highest BCUT2D eigenvalue weighted by atomic mass is 16.5. The molecule has 1 atom stereocenters. The lowest BCUT2D eigenvalue weighted by Crippen LogP contribution is -2.51. The molecule has 0 aliphatic rings. The molecular weight excluding hydrogens is 330 g/mol. The van der Waals surface area contributed by atoms with Gasteiger partial charge in [-0.25, -0.2) is 0 Å². The SMILES string of the molecule is CC(C)[C@@H](NC(=O)COc1ccccc1)C(=O)N(C)Cc1cccnc1. The fraction of sp³-hybridized carbons (Fsp3) is 0.350. The van der Waals surface area contributed by atoms with Gasteiger partial charge < -0.3 is 15.0 Å². The van der Waals surface area contributed by atoms with E-state index in [0.717, 1.165) is 5.56 Å². The van der Waals surface area contributed by atoms with Gasteiger partial charge in [0.05, 0.1) is 0 Å². The summed E-state index contributed by atoms with van der Waals surface area (Å²) in [4.78, 5) is 30.6. The molecule has 0 bridgehead atoms. The molecule has 1 aromatic heterocycles. The molecule has 6 nitrogen and oxygen atoms in total. The summed E-state index contributed by atoms with van der Waals surface area (Å²) in [5.41, 5.74) is 0.935. The zero-order chi connectivity index (χ0) is 18.9. The van der Waals surface area contributed by atoms with E-state index in [1.807, 2.05) is 44.2 Å². The summed E-state index contributed by atoms with van der Waals surface area (Å²) in [5.74, 6) is 0.107. The molecule has 1 aromatic carbocycles. The second-order valence-corrected chi connectivity index (χ2v) is 6.45. The zero-order valence-electron chi connectivity index (χ0n) is 15.4. The third kappa shape index (κ3) is 5.88. The third-order valence-corrected chi connectivity index (χ3v) is 3.88. The molecule has 26 heavy (non-hydrogen) atoms. The number of benzene rings is 1. The van der Waals surface area contributed by atoms with Crippen LogP contribution in [0.4, 0.5) is 0 Å². The lowest BCUT2D eigenvalue weighted by Gasteiger charge is -2.27. The van der Waals surface area contributed by atoms with Crippen LogP contribution in [-0.4, -0.2) is 41.4 Å². The Balaban J connectivity index is 1.92. The average Bonchev–Trinajstić information content (AvgIpc) is 2.65. The smallest absolute Gasteiger partial charge is 0.258 e. The number of para-hydroxylation sites is 1. The van der Waals surface area contributed by atoms with E-state index in [0.29, 0.717) is 12.3 Å². The van der Waals surface area contributed by atoms with E-state index in [9.17, 15) is 9.59 Å². The van der Waals surface area contributed by atoms with Gasteiger partial charge in [0.2, 0.25) is 5.91 Å². The van der Waals surface area contributed by atoms with Gasteiger partial charge in [0, 0.05) is 26.0 Å². The van der Waals surface area contributed by atoms with Crippen molar-refractivity contribution < 1.29 is 14.3 Å². The largest absolute Gasteiger partial charge is 0.484 e. The number of nitrogens with one attached hydrogen (secondary N) is 1. The Labute approximate surface area is 154 Å². The van der Waals surface area contributed by atoms with Crippen LogP contribution in [0.25, 0.3) is 0 Å². The summed E-state index contributed by atoms with van der Waals surface area (Å²) in [6.07, 6.45) is 3.41. The summed E-state index contributed by atoms with van der Waals surface area (Å²) in [6.45, 7) is 4.11. The number of ether oxygens (including phenoxy) is 1. The second-order valence-electron chi connectivity index (χ2n) is 6.45. The number of rotatable bonds is 8. The van der Waals surface area contributed by atoms with E-state index in [-0.39, 0.29) is 24.3 Å². The highest BCUT2D eigenvalue weighted by Crippen LogP contribution is 2.10. The number of amides is 2. The molecule has 0 aliphatic carbocycles. The van der Waals surface area contributed by atoms with Gasteiger partial charge in [0.25, 0.3) is 5.91 Å². The van der Waals surface area contributed by atoms with Crippen LogP contribution < -0.4 is 10.1 Å². The van der Waals surface area contributed by atoms with E-state index in [2.05, 4.69) is 10.3 Å². The first-order valence-corrected chi connectivity index (χ1v) is 8.58. The van der Waals surface area contributed by atoms with Crippen LogP contribution in [-0.2, 0) is 16.1 Å². The minimum atomic E-state index is -0.608. The van der Waals surface area contributed by atoms with Gasteiger partial charge in [-0.1, -0.05) is 38.1 Å². The number of nitrogens with zero attached hydrogens (tertiary/aromatic N) is 2. The lowest BCUT2D eigenvalue weighted by molar-refractivity contribution is -0.137. The molecule has 0 aliphatic heterocycles. The molecule has 0 fully saturated rings. The Morgan fingerprint density at radius 1 is 1.15 bits per heavy atom. The van der Waals surface area contributed by atoms with Gasteiger partial charge in [-0.3, -0.25) is 14.6 Å². The van der Waals surface area contributed by atoms with Crippen LogP contribution in [0.15, 0.2) is 54.9 Å². The Kier molecular flexibility index (Phi) is 7.14. The molecule has 2 amide bonds. The summed E-state index contributed by atoms with van der Waals surface area (Å²) in [5, 5.41) is 2.78. The normalized spacial score (nSPS) is 11.7. The molecule has 138 valence electrons. The van der Waals surface area contributed by atoms with Crippen molar-refractivity contribution in [1.82, 2.24) is 15.2 Å². The highest BCUT2D eigenvalue weighted by Gasteiger charge is 2.27. The molecule has 0 saturated heterocycles. The predicted octanol–water partition coefficient (Wildman–Crippen LogP) is 2.26. The second kappa shape index (κ2) is 9.56. The maximum absolute atomic E-state index is 12.7. The van der Waals surface area contributed by atoms with Crippen LogP contribution >= 0.6 is 0 Å². The van der Waals surface area contributed by atoms with Gasteiger partial charge in [-0.05, 0) is 29.7 Å². The van der Waals surface area contributed by atoms with Crippen LogP contribution in [0.5, 0.6) is 5.75 Å². The minimum absolute atomic E-state index is 0.0421. The van der Waals surface area contributed by atoms with Crippen molar-refractivity contribution in [2.45, 2.75) is 26.4 Å². The molecule has 0 radical (unpaired) electrons. The fourth-order valence-electron chi connectivity index (χ4n) is 2.48. The Morgan fingerprint density at radius 2 is 1.88 bits per heavy atom. The Hall–Kier alpha value is -2.89. The Morgan fingerprint density at radius 3 is 2.50 bits per heavy atom. The van der Waals surface area contributed by atoms with Crippen molar-refractivity contribution in [3.05, 3.63) is 60.4 Å². The summed E-state index contributed by atoms with van der Waals surface area (Å²) in [6, 6.07) is 12.2. The van der Waals surface area contributed by atoms with E-state index in [1.165, 1.54) is 0 Å². The van der Waals surface area contributed by atoms with Gasteiger partial charge in [0.1, 0.15) is 11.8 Å². The maximum Gasteiger partial charge on any atom is 0.258 e. The van der Waals surface area contributed by atoms with E-state index in [4.69, 9.17) is 4.74 Å². The van der Waals surface area contributed by atoms with Crippen molar-refractivity contribution in [3.63, 3.8) is 0 Å². The molecule has 6 heteroatoms. The summed E-state index contributed by atoms with van der Waals surface area (Å²) in [7, 11) is 1.72. The predicted molar refractivity (Wildman–Crippen MR) is 99.4 cm³/mol. The van der Waals surface area contributed by atoms with Gasteiger partial charge in [-0.15, -0.1) is 0 Å². The number of hydrogen-bond acceptors (Lipinski definition) is 4. The average molecular weight is 355 g/mol. The number of carbonyl (C=O) groups excluding carboxylic acids is 2. The van der Waals surface area contributed by atoms with Crippen LogP contribution in [0.2, 0.25) is 0 Å². The van der Waals surface area contributed by atoms with Gasteiger partial charge in [0.15, 0.2) is 6.61 Å². The quantitative estimate of drug-likeness (QED) is 0.788. The zero-order valence-corrected chi connectivity index (χ0v) is 15.4. The number of aromatic nitrogens is 1. The molecule has 2 aromatic rings. The first-order chi connectivity index (χ1) is 12.5. The van der Waals surface area contributed by atoms with E-state index >= 15 is 0 Å². The minimum Gasteiger partial charge on any atom is -0.484 e. The number of likely N-dealkylation sites (N-methyl/N-ethyl adjacent to an activating group) is 1. The standard InChI is InChI=1S/C20H25N3O3/c1-15(2)19(20(25)23(3)13-16-8-7-11-21-12-16)22-18(24)14-26-17-9-5-4-6-10-17/h4-12,15,19H,13-14H2,1-3H3,(H,22,24)/t19-/m1/s1. The third-order valence-electron chi connectivity index (χ3n) is 3.88. The number of carbonyl (C=O) groups is 2. The van der Waals surface area contributed by atoms with Crippen molar-refractivity contribution in [1.29, 1.82) is 0 Å². The van der Waals surface area contributed by atoms with Crippen molar-refractivity contribution in [2.24, 2.45) is 5.92 Å². The van der Waals surface area contributed by atoms with Gasteiger partial charge >= 0.3 is 0 Å². The van der Waals surface area contributed by atoms with Gasteiger partial charge in [-0.2, -0.15) is 0 Å². The summed E-state index contributed by atoms with van der Waals surface area (Å²) >= 11 is 0. The van der Waals surface area contributed by atoms with Crippen LogP contribution in [0.1, 0.15) is 19.4 Å². The monoisotopic (exact) mass is 355 g/mol. The van der Waals surface area contributed by atoms with Crippen molar-refractivity contribution >= 4 is 11.8 Å². The molecular formula is C20H25N3O3. The molecule has 0 unspecified atom stereocenters. The molecule has 0 spiro atoms. The molecule has 0 saturated carbocycles. The fourth-order valence-corrected chi connectivity index (χ4v) is 2.48. The maximum atomic E-state index is 12.7. The first-order valence-electron chi connectivity index (χ1n) is 8.58. The van der Waals surface area contributed by atoms with E-state index < -0.39 is 6.04 Å². The van der Waals surface area contributed by atoms with Crippen molar-refractivity contribution in [2.75, 3.05) is 13.7 Å². The number of hydrogen-bond donors (Lipinski definition) is 1. The molecule has 2 rings (SSSR count). The van der Waals surface area contributed by atoms with Crippen LogP contribution in [0.3, 0.4) is 0 Å². The first kappa shape index (κ1) is 19.4. The summed E-state index contributed by atoms with van der Waals surface area (Å²) < 4.78 is 5.44. The highest BCUT2D eigenvalue weighted by molar-refractivity contribution is 5.88. The van der Waals surface area contributed by atoms with E-state index in [1.54, 1.807) is 36.5 Å². The number of pyridine rings is 1. The Bertz CT molecular complexity index is 705. The molecule has 1 heterocycles. The van der Waals surface area contributed by atoms with Crippen LogP contribution in [0, 0.1) is 5.92 Å². The topological polar surface area (TPSA) is 71.5 Å². The van der Waals surface area contributed by atoms with Crippen molar-refractivity contribution in [3.8, 4) is 5.75 Å².